The van der Waals surface area contributed by atoms with E-state index in [4.69, 9.17) is 5.11 Å². The van der Waals surface area contributed by atoms with Crippen LogP contribution in [-0.2, 0) is 4.79 Å². The second kappa shape index (κ2) is 15.6. The van der Waals surface area contributed by atoms with Crippen LogP contribution in [0.2, 0.25) is 0 Å². The number of aliphatic carboxylic acids is 1. The molecule has 0 aliphatic rings. The third-order valence-electron chi connectivity index (χ3n) is 2.99. The molecule has 0 rings (SSSR count). The van der Waals surface area contributed by atoms with Crippen molar-refractivity contribution < 1.29 is 9.90 Å². The number of carboxylic acids is 1. The molecule has 0 aromatic carbocycles. The quantitative estimate of drug-likeness (QED) is 0.460. The van der Waals surface area contributed by atoms with E-state index in [0.717, 1.165) is 38.5 Å². The van der Waals surface area contributed by atoms with Crippen molar-refractivity contribution in [3.05, 3.63) is 0 Å². The van der Waals surface area contributed by atoms with E-state index in [1.165, 1.54) is 25.7 Å². The van der Waals surface area contributed by atoms with E-state index in [9.17, 15) is 4.79 Å². The van der Waals surface area contributed by atoms with Crippen LogP contribution in [0.1, 0.15) is 84.0 Å². The molecule has 0 saturated heterocycles. The van der Waals surface area contributed by atoms with Crippen LogP contribution >= 0.6 is 0 Å². The van der Waals surface area contributed by atoms with Gasteiger partial charge in [-0.2, -0.15) is 0 Å². The van der Waals surface area contributed by atoms with Crippen molar-refractivity contribution in [1.29, 1.82) is 0 Å². The van der Waals surface area contributed by atoms with Crippen molar-refractivity contribution in [3.8, 4) is 23.7 Å². The number of carboxylic acid groups (broad SMARTS) is 1. The molecule has 2 heteroatoms. The topological polar surface area (TPSA) is 37.3 Å². The Morgan fingerprint density at radius 1 is 0.800 bits per heavy atom. The van der Waals surface area contributed by atoms with Crippen molar-refractivity contribution in [2.24, 2.45) is 0 Å². The second-order valence-electron chi connectivity index (χ2n) is 5.00. The molecule has 0 aromatic heterocycles. The Hall–Kier alpha value is -1.41. The summed E-state index contributed by atoms with van der Waals surface area (Å²) in [6, 6.07) is 0. The lowest BCUT2D eigenvalue weighted by Crippen LogP contribution is -1.93. The van der Waals surface area contributed by atoms with Crippen molar-refractivity contribution in [2.45, 2.75) is 84.0 Å². The molecule has 0 amide bonds. The molecule has 0 bridgehead atoms. The fourth-order valence-electron chi connectivity index (χ4n) is 1.84. The highest BCUT2D eigenvalue weighted by Gasteiger charge is 1.96. The van der Waals surface area contributed by atoms with Gasteiger partial charge in [-0.15, -0.1) is 11.8 Å². The van der Waals surface area contributed by atoms with Crippen LogP contribution in [-0.4, -0.2) is 11.1 Å². The van der Waals surface area contributed by atoms with Gasteiger partial charge >= 0.3 is 5.97 Å². The predicted molar refractivity (Wildman–Crippen MR) is 84.3 cm³/mol. The van der Waals surface area contributed by atoms with E-state index >= 15 is 0 Å². The summed E-state index contributed by atoms with van der Waals surface area (Å²) in [7, 11) is 0. The third-order valence-corrected chi connectivity index (χ3v) is 2.99. The standard InChI is InChI=1S/C18H28O2/c1-2-3-4-5-6-7-8-9-10-11-12-13-14-15-16-17-18(19)20/h2-3,6,9-17H2,1H3,(H,19,20). The molecule has 0 aliphatic carbocycles. The molecule has 0 heterocycles. The Balaban J connectivity index is 3.19. The van der Waals surface area contributed by atoms with Crippen LogP contribution < -0.4 is 0 Å². The van der Waals surface area contributed by atoms with Gasteiger partial charge in [-0.25, -0.2) is 0 Å². The monoisotopic (exact) mass is 276 g/mol. The van der Waals surface area contributed by atoms with E-state index in [0.29, 0.717) is 12.8 Å². The van der Waals surface area contributed by atoms with Crippen LogP contribution in [0.3, 0.4) is 0 Å². The fraction of sp³-hybridized carbons (Fsp3) is 0.722. The van der Waals surface area contributed by atoms with E-state index in [-0.39, 0.29) is 0 Å². The first-order chi connectivity index (χ1) is 9.77. The minimum atomic E-state index is -0.678. The summed E-state index contributed by atoms with van der Waals surface area (Å²) in [5.74, 6) is 11.7. The van der Waals surface area contributed by atoms with Crippen LogP contribution in [0, 0.1) is 23.7 Å². The summed E-state index contributed by atoms with van der Waals surface area (Å²) in [4.78, 5) is 10.3. The van der Waals surface area contributed by atoms with Gasteiger partial charge in [-0.05, 0) is 19.3 Å². The normalized spacial score (nSPS) is 9.25. The van der Waals surface area contributed by atoms with Gasteiger partial charge in [0.1, 0.15) is 0 Å². The first-order valence-corrected chi connectivity index (χ1v) is 7.90. The SMILES string of the molecule is CCCC#CCC#CCCCCCCCCCC(=O)O. The number of unbranched alkanes of at least 4 members (excludes halogenated alkanes) is 8. The van der Waals surface area contributed by atoms with Gasteiger partial charge in [0.15, 0.2) is 0 Å². The van der Waals surface area contributed by atoms with Crippen molar-refractivity contribution in [3.63, 3.8) is 0 Å². The van der Waals surface area contributed by atoms with Gasteiger partial charge in [0.25, 0.3) is 0 Å². The average molecular weight is 276 g/mol. The maximum Gasteiger partial charge on any atom is 0.303 e. The average Bonchev–Trinajstić information content (AvgIpc) is 2.43. The summed E-state index contributed by atoms with van der Waals surface area (Å²) in [6.07, 6.45) is 12.0. The molecular weight excluding hydrogens is 248 g/mol. The lowest BCUT2D eigenvalue weighted by molar-refractivity contribution is -0.137. The third kappa shape index (κ3) is 16.6. The zero-order valence-corrected chi connectivity index (χ0v) is 12.8. The van der Waals surface area contributed by atoms with Crippen molar-refractivity contribution in [1.82, 2.24) is 0 Å². The molecule has 112 valence electrons. The zero-order valence-electron chi connectivity index (χ0n) is 12.8. The van der Waals surface area contributed by atoms with Gasteiger partial charge in [-0.3, -0.25) is 4.79 Å². The van der Waals surface area contributed by atoms with Gasteiger partial charge in [0.2, 0.25) is 0 Å². The maximum absolute atomic E-state index is 10.3. The van der Waals surface area contributed by atoms with Gasteiger partial charge in [-0.1, -0.05) is 50.9 Å². The highest BCUT2D eigenvalue weighted by atomic mass is 16.4. The first kappa shape index (κ1) is 18.6. The minimum absolute atomic E-state index is 0.316. The lowest BCUT2D eigenvalue weighted by Gasteiger charge is -1.99. The molecule has 0 fully saturated rings. The molecule has 0 spiro atoms. The molecule has 0 unspecified atom stereocenters. The molecule has 0 atom stereocenters. The van der Waals surface area contributed by atoms with Gasteiger partial charge in [0, 0.05) is 19.3 Å². The number of hydrogen-bond donors (Lipinski definition) is 1. The Labute approximate surface area is 124 Å². The predicted octanol–water partition coefficient (Wildman–Crippen LogP) is 4.78. The van der Waals surface area contributed by atoms with E-state index in [1.54, 1.807) is 0 Å². The van der Waals surface area contributed by atoms with Crippen LogP contribution in [0.15, 0.2) is 0 Å². The first-order valence-electron chi connectivity index (χ1n) is 7.90. The lowest BCUT2D eigenvalue weighted by atomic mass is 10.1. The zero-order chi connectivity index (χ0) is 14.9. The highest BCUT2D eigenvalue weighted by Crippen LogP contribution is 2.09. The fourth-order valence-corrected chi connectivity index (χ4v) is 1.84. The largest absolute Gasteiger partial charge is 0.481 e. The molecule has 0 radical (unpaired) electrons. The number of carbonyl (C=O) groups is 1. The number of rotatable bonds is 10. The summed E-state index contributed by atoms with van der Waals surface area (Å²) >= 11 is 0. The van der Waals surface area contributed by atoms with Gasteiger partial charge < -0.3 is 5.11 Å². The van der Waals surface area contributed by atoms with Crippen LogP contribution in [0.25, 0.3) is 0 Å². The Morgan fingerprint density at radius 2 is 1.35 bits per heavy atom. The van der Waals surface area contributed by atoms with Crippen LogP contribution in [0.5, 0.6) is 0 Å². The molecular formula is C18H28O2. The second-order valence-corrected chi connectivity index (χ2v) is 5.00. The molecule has 1 N–H and O–H groups in total. The molecule has 20 heavy (non-hydrogen) atoms. The summed E-state index contributed by atoms with van der Waals surface area (Å²) in [5.41, 5.74) is 0. The molecule has 0 saturated carbocycles. The molecule has 0 aliphatic heterocycles. The Bertz CT molecular complexity index is 349. The number of hydrogen-bond acceptors (Lipinski definition) is 1. The van der Waals surface area contributed by atoms with Crippen molar-refractivity contribution >= 4 is 5.97 Å². The maximum atomic E-state index is 10.3. The minimum Gasteiger partial charge on any atom is -0.481 e. The van der Waals surface area contributed by atoms with Crippen molar-refractivity contribution in [2.75, 3.05) is 0 Å². The highest BCUT2D eigenvalue weighted by molar-refractivity contribution is 5.66. The van der Waals surface area contributed by atoms with Gasteiger partial charge in [0.05, 0.1) is 6.42 Å². The van der Waals surface area contributed by atoms with E-state index in [2.05, 4.69) is 30.6 Å². The Morgan fingerprint density at radius 3 is 1.95 bits per heavy atom. The van der Waals surface area contributed by atoms with Crippen LogP contribution in [0.4, 0.5) is 0 Å². The summed E-state index contributed by atoms with van der Waals surface area (Å²) in [6.45, 7) is 2.13. The van der Waals surface area contributed by atoms with E-state index < -0.39 is 5.97 Å². The Kier molecular flexibility index (Phi) is 14.5. The molecule has 0 aromatic rings. The summed E-state index contributed by atoms with van der Waals surface area (Å²) in [5, 5.41) is 8.50. The van der Waals surface area contributed by atoms with E-state index in [1.807, 2.05) is 0 Å². The molecule has 2 nitrogen and oxygen atoms in total. The summed E-state index contributed by atoms with van der Waals surface area (Å²) < 4.78 is 0. The smallest absolute Gasteiger partial charge is 0.303 e.